The maximum absolute atomic E-state index is 4.64. The van der Waals surface area contributed by atoms with E-state index in [0.717, 1.165) is 26.1 Å². The van der Waals surface area contributed by atoms with Gasteiger partial charge in [0.1, 0.15) is 0 Å². The Balaban J connectivity index is 0. The normalized spacial score (nSPS) is 13.1. The standard InChI is InChI=1S/C10H24N3.Li/c1-6-10(9-13(4)5)11-7-8-12(2)3;/h10H,6-9H2,1-5H3;/q-1;+1. The molecule has 0 saturated carbocycles. The van der Waals surface area contributed by atoms with Crippen molar-refractivity contribution in [2.75, 3.05) is 47.8 Å². The van der Waals surface area contributed by atoms with Gasteiger partial charge in [-0.15, -0.1) is 12.6 Å². The Labute approximate surface area is 101 Å². The molecule has 0 bridgehead atoms. The van der Waals surface area contributed by atoms with E-state index >= 15 is 0 Å². The quantitative estimate of drug-likeness (QED) is 0.448. The fraction of sp³-hybridized carbons (Fsp3) is 1.00. The summed E-state index contributed by atoms with van der Waals surface area (Å²) in [7, 11) is 8.37. The van der Waals surface area contributed by atoms with Crippen molar-refractivity contribution in [3.8, 4) is 0 Å². The molecule has 14 heavy (non-hydrogen) atoms. The van der Waals surface area contributed by atoms with E-state index in [9.17, 15) is 0 Å². The van der Waals surface area contributed by atoms with Crippen molar-refractivity contribution in [1.82, 2.24) is 9.80 Å². The smallest absolute Gasteiger partial charge is 0.657 e. The molecule has 0 aliphatic rings. The number of hydrogen-bond donors (Lipinski definition) is 0. The van der Waals surface area contributed by atoms with Crippen LogP contribution in [0.4, 0.5) is 0 Å². The fourth-order valence-electron chi connectivity index (χ4n) is 1.18. The molecule has 0 rings (SSSR count). The molecule has 4 heteroatoms. The van der Waals surface area contributed by atoms with E-state index in [1.807, 2.05) is 0 Å². The van der Waals surface area contributed by atoms with Gasteiger partial charge in [-0.1, -0.05) is 13.3 Å². The van der Waals surface area contributed by atoms with Crippen LogP contribution in [0.2, 0.25) is 0 Å². The Morgan fingerprint density at radius 3 is 2.00 bits per heavy atom. The number of rotatable bonds is 7. The molecule has 0 saturated heterocycles. The summed E-state index contributed by atoms with van der Waals surface area (Å²) in [5.74, 6) is 0. The maximum atomic E-state index is 4.64. The van der Waals surface area contributed by atoms with Crippen LogP contribution in [0, 0.1) is 0 Å². The second-order valence-electron chi connectivity index (χ2n) is 4.03. The molecule has 1 unspecified atom stereocenters. The van der Waals surface area contributed by atoms with Crippen molar-refractivity contribution in [3.05, 3.63) is 5.32 Å². The third kappa shape index (κ3) is 10.6. The van der Waals surface area contributed by atoms with Gasteiger partial charge < -0.3 is 15.1 Å². The summed E-state index contributed by atoms with van der Waals surface area (Å²) in [6.07, 6.45) is 1.14. The first-order valence-electron chi connectivity index (χ1n) is 5.02. The van der Waals surface area contributed by atoms with Gasteiger partial charge in [-0.25, -0.2) is 0 Å². The summed E-state index contributed by atoms with van der Waals surface area (Å²) in [5, 5.41) is 4.64. The molecule has 0 radical (unpaired) electrons. The van der Waals surface area contributed by atoms with Crippen molar-refractivity contribution < 1.29 is 18.9 Å². The van der Waals surface area contributed by atoms with Crippen LogP contribution in [0.5, 0.6) is 0 Å². The average molecular weight is 193 g/mol. The van der Waals surface area contributed by atoms with Gasteiger partial charge in [0.2, 0.25) is 0 Å². The van der Waals surface area contributed by atoms with E-state index in [-0.39, 0.29) is 18.9 Å². The number of likely N-dealkylation sites (N-methyl/N-ethyl adjacent to an activating group) is 2. The Hall–Kier alpha value is 0.477. The van der Waals surface area contributed by atoms with Crippen LogP contribution in [0.25, 0.3) is 5.32 Å². The van der Waals surface area contributed by atoms with Gasteiger partial charge >= 0.3 is 18.9 Å². The molecule has 0 heterocycles. The third-order valence-corrected chi connectivity index (χ3v) is 1.98. The summed E-state index contributed by atoms with van der Waals surface area (Å²) >= 11 is 0. The zero-order chi connectivity index (χ0) is 10.3. The number of hydrogen-bond acceptors (Lipinski definition) is 2. The van der Waals surface area contributed by atoms with Crippen LogP contribution < -0.4 is 18.9 Å². The van der Waals surface area contributed by atoms with E-state index in [2.05, 4.69) is 50.2 Å². The predicted octanol–water partition coefficient (Wildman–Crippen LogP) is -1.73. The molecule has 0 aliphatic heterocycles. The van der Waals surface area contributed by atoms with Gasteiger partial charge in [0.25, 0.3) is 0 Å². The predicted molar refractivity (Wildman–Crippen MR) is 59.4 cm³/mol. The Kier molecular flexibility index (Phi) is 12.1. The minimum absolute atomic E-state index is 0. The monoisotopic (exact) mass is 193 g/mol. The van der Waals surface area contributed by atoms with Crippen molar-refractivity contribution in [3.63, 3.8) is 0 Å². The molecule has 3 nitrogen and oxygen atoms in total. The largest absolute Gasteiger partial charge is 1.00 e. The van der Waals surface area contributed by atoms with Crippen LogP contribution in [0.3, 0.4) is 0 Å². The van der Waals surface area contributed by atoms with Crippen LogP contribution in [0.1, 0.15) is 13.3 Å². The summed E-state index contributed by atoms with van der Waals surface area (Å²) in [4.78, 5) is 4.37. The summed E-state index contributed by atoms with van der Waals surface area (Å²) in [6, 6.07) is 0.509. The summed E-state index contributed by atoms with van der Waals surface area (Å²) < 4.78 is 0. The Morgan fingerprint density at radius 2 is 1.64 bits per heavy atom. The Morgan fingerprint density at radius 1 is 1.07 bits per heavy atom. The van der Waals surface area contributed by atoms with Gasteiger partial charge in [-0.3, -0.25) is 0 Å². The molecule has 80 valence electrons. The number of nitrogens with zero attached hydrogens (tertiary/aromatic N) is 3. The minimum atomic E-state index is 0. The molecule has 0 aromatic heterocycles. The molecule has 0 fully saturated rings. The summed E-state index contributed by atoms with van der Waals surface area (Å²) in [6.45, 7) is 5.29. The molecular formula is C10H24LiN3. The maximum Gasteiger partial charge on any atom is 1.00 e. The summed E-state index contributed by atoms with van der Waals surface area (Å²) in [5.41, 5.74) is 0. The second-order valence-corrected chi connectivity index (χ2v) is 4.03. The molecule has 1 atom stereocenters. The van der Waals surface area contributed by atoms with Crippen LogP contribution in [-0.2, 0) is 0 Å². The zero-order valence-electron chi connectivity index (χ0n) is 10.7. The van der Waals surface area contributed by atoms with Gasteiger partial charge in [0, 0.05) is 0 Å². The minimum Gasteiger partial charge on any atom is -0.657 e. The average Bonchev–Trinajstić information content (AvgIpc) is 2.01. The fourth-order valence-corrected chi connectivity index (χ4v) is 1.18. The SMILES string of the molecule is CCC(CN(C)C)[N-]CCN(C)C.[Li+]. The first kappa shape index (κ1) is 16.9. The molecule has 0 aromatic carbocycles. The molecule has 0 aliphatic carbocycles. The molecular weight excluding hydrogens is 169 g/mol. The van der Waals surface area contributed by atoms with Gasteiger partial charge in [0.15, 0.2) is 0 Å². The van der Waals surface area contributed by atoms with E-state index in [4.69, 9.17) is 0 Å². The molecule has 0 N–H and O–H groups in total. The molecule has 0 spiro atoms. The van der Waals surface area contributed by atoms with Crippen molar-refractivity contribution in [2.24, 2.45) is 0 Å². The van der Waals surface area contributed by atoms with E-state index in [1.165, 1.54) is 0 Å². The van der Waals surface area contributed by atoms with Crippen LogP contribution in [-0.4, -0.2) is 63.7 Å². The zero-order valence-corrected chi connectivity index (χ0v) is 10.7. The van der Waals surface area contributed by atoms with E-state index in [0.29, 0.717) is 6.04 Å². The van der Waals surface area contributed by atoms with Gasteiger partial charge in [-0.2, -0.15) is 0 Å². The van der Waals surface area contributed by atoms with E-state index in [1.54, 1.807) is 0 Å². The van der Waals surface area contributed by atoms with Crippen LogP contribution in [0.15, 0.2) is 0 Å². The first-order chi connectivity index (χ1) is 6.06. The first-order valence-corrected chi connectivity index (χ1v) is 5.02. The van der Waals surface area contributed by atoms with Crippen LogP contribution >= 0.6 is 0 Å². The molecule has 0 aromatic rings. The van der Waals surface area contributed by atoms with Crippen molar-refractivity contribution in [2.45, 2.75) is 19.4 Å². The van der Waals surface area contributed by atoms with Crippen molar-refractivity contribution >= 4 is 0 Å². The topological polar surface area (TPSA) is 20.6 Å². The van der Waals surface area contributed by atoms with Gasteiger partial charge in [-0.05, 0) is 41.3 Å². The van der Waals surface area contributed by atoms with Crippen molar-refractivity contribution in [1.29, 1.82) is 0 Å². The third-order valence-electron chi connectivity index (χ3n) is 1.98. The van der Waals surface area contributed by atoms with E-state index < -0.39 is 0 Å². The Bertz CT molecular complexity index is 118. The second kappa shape index (κ2) is 10.0. The van der Waals surface area contributed by atoms with Gasteiger partial charge in [0.05, 0.1) is 0 Å². The molecule has 0 amide bonds.